The van der Waals surface area contributed by atoms with Crippen molar-refractivity contribution in [2.45, 2.75) is 43.3 Å². The van der Waals surface area contributed by atoms with Crippen LogP contribution in [0.4, 0.5) is 0 Å². The highest BCUT2D eigenvalue weighted by Gasteiger charge is 2.25. The Labute approximate surface area is 102 Å². The third-order valence-corrected chi connectivity index (χ3v) is 4.67. The number of hydrogen-bond donors (Lipinski definition) is 0. The maximum Gasteiger partial charge on any atom is 0.132 e. The van der Waals surface area contributed by atoms with Gasteiger partial charge in [0.2, 0.25) is 0 Å². The lowest BCUT2D eigenvalue weighted by molar-refractivity contribution is -0.121. The molecule has 1 aliphatic rings. The van der Waals surface area contributed by atoms with E-state index in [1.165, 1.54) is 10.5 Å². The minimum absolute atomic E-state index is 0.256. The van der Waals surface area contributed by atoms with Crippen LogP contribution in [0.25, 0.3) is 0 Å². The molecule has 0 saturated heterocycles. The Hall–Kier alpha value is -0.760. The van der Waals surface area contributed by atoms with Gasteiger partial charge in [-0.15, -0.1) is 11.8 Å². The number of Topliss-reactive ketones (excluding diaryl/α,β-unsaturated/α-hetero) is 1. The van der Waals surface area contributed by atoms with Crippen LogP contribution in [-0.2, 0) is 11.2 Å². The Morgan fingerprint density at radius 1 is 1.50 bits per heavy atom. The molecule has 1 aromatic rings. The Bertz CT molecular complexity index is 361. The van der Waals surface area contributed by atoms with Crippen molar-refractivity contribution < 1.29 is 4.79 Å². The van der Waals surface area contributed by atoms with Gasteiger partial charge >= 0.3 is 0 Å². The van der Waals surface area contributed by atoms with Gasteiger partial charge in [0, 0.05) is 16.1 Å². The van der Waals surface area contributed by atoms with Crippen LogP contribution in [-0.4, -0.2) is 11.0 Å². The molecular weight excluding hydrogens is 216 g/mol. The molecule has 2 heteroatoms. The molecule has 0 saturated carbocycles. The first-order valence-corrected chi connectivity index (χ1v) is 6.83. The number of carbonyl (C=O) groups excluding carboxylic acids is 1. The number of ketones is 1. The average molecular weight is 234 g/mol. The molecule has 0 aliphatic carbocycles. The van der Waals surface area contributed by atoms with Gasteiger partial charge in [0.1, 0.15) is 5.78 Å². The standard InChI is InChI=1S/C14H18OS/c1-3-11(10(2)15)8-13-9-12-6-4-5-7-14(12)16-13/h4-7,11,13H,3,8-9H2,1-2H3. The maximum atomic E-state index is 11.4. The molecule has 0 spiro atoms. The van der Waals surface area contributed by atoms with E-state index in [1.54, 1.807) is 6.92 Å². The van der Waals surface area contributed by atoms with Crippen molar-refractivity contribution >= 4 is 17.5 Å². The van der Waals surface area contributed by atoms with Crippen molar-refractivity contribution in [1.82, 2.24) is 0 Å². The topological polar surface area (TPSA) is 17.1 Å². The van der Waals surface area contributed by atoms with E-state index >= 15 is 0 Å². The number of fused-ring (bicyclic) bond motifs is 1. The predicted octanol–water partition coefficient (Wildman–Crippen LogP) is 3.71. The zero-order chi connectivity index (χ0) is 11.5. The highest BCUT2D eigenvalue weighted by molar-refractivity contribution is 8.00. The first-order valence-electron chi connectivity index (χ1n) is 5.95. The van der Waals surface area contributed by atoms with Crippen molar-refractivity contribution in [3.8, 4) is 0 Å². The molecule has 2 unspecified atom stereocenters. The van der Waals surface area contributed by atoms with Crippen molar-refractivity contribution in [2.24, 2.45) is 5.92 Å². The number of benzene rings is 1. The van der Waals surface area contributed by atoms with Crippen LogP contribution in [0.5, 0.6) is 0 Å². The largest absolute Gasteiger partial charge is 0.300 e. The minimum Gasteiger partial charge on any atom is -0.300 e. The molecule has 86 valence electrons. The van der Waals surface area contributed by atoms with Crippen molar-refractivity contribution in [3.63, 3.8) is 0 Å². The van der Waals surface area contributed by atoms with Gasteiger partial charge in [-0.2, -0.15) is 0 Å². The second kappa shape index (κ2) is 5.05. The van der Waals surface area contributed by atoms with Crippen LogP contribution in [0.2, 0.25) is 0 Å². The summed E-state index contributed by atoms with van der Waals surface area (Å²) in [7, 11) is 0. The van der Waals surface area contributed by atoms with Crippen LogP contribution in [0, 0.1) is 5.92 Å². The summed E-state index contributed by atoms with van der Waals surface area (Å²) in [5.74, 6) is 0.603. The molecule has 0 aromatic heterocycles. The van der Waals surface area contributed by atoms with Crippen LogP contribution >= 0.6 is 11.8 Å². The molecule has 0 bridgehead atoms. The third kappa shape index (κ3) is 2.49. The van der Waals surface area contributed by atoms with Crippen LogP contribution in [0.3, 0.4) is 0 Å². The summed E-state index contributed by atoms with van der Waals surface area (Å²) in [6, 6.07) is 8.59. The predicted molar refractivity (Wildman–Crippen MR) is 68.9 cm³/mol. The van der Waals surface area contributed by atoms with Gasteiger partial charge in [0.05, 0.1) is 0 Å². The molecule has 0 fully saturated rings. The molecule has 2 rings (SSSR count). The Morgan fingerprint density at radius 3 is 2.88 bits per heavy atom. The molecule has 1 heterocycles. The lowest BCUT2D eigenvalue weighted by Gasteiger charge is -2.15. The van der Waals surface area contributed by atoms with E-state index in [1.807, 2.05) is 11.8 Å². The second-order valence-corrected chi connectivity index (χ2v) is 5.85. The van der Waals surface area contributed by atoms with E-state index in [-0.39, 0.29) is 5.92 Å². The summed E-state index contributed by atoms with van der Waals surface area (Å²) in [6.07, 6.45) is 3.14. The zero-order valence-corrected chi connectivity index (χ0v) is 10.7. The lowest BCUT2D eigenvalue weighted by Crippen LogP contribution is -2.16. The quantitative estimate of drug-likeness (QED) is 0.790. The van der Waals surface area contributed by atoms with Gasteiger partial charge in [-0.25, -0.2) is 0 Å². The van der Waals surface area contributed by atoms with Crippen molar-refractivity contribution in [1.29, 1.82) is 0 Å². The highest BCUT2D eigenvalue weighted by Crippen LogP contribution is 2.39. The molecule has 1 nitrogen and oxygen atoms in total. The van der Waals surface area contributed by atoms with Gasteiger partial charge in [-0.05, 0) is 37.8 Å². The SMILES string of the molecule is CCC(CC1Cc2ccccc2S1)C(C)=O. The van der Waals surface area contributed by atoms with Crippen molar-refractivity contribution in [2.75, 3.05) is 0 Å². The minimum atomic E-state index is 0.256. The van der Waals surface area contributed by atoms with E-state index in [9.17, 15) is 4.79 Å². The smallest absolute Gasteiger partial charge is 0.132 e. The van der Waals surface area contributed by atoms with Gasteiger partial charge < -0.3 is 0 Å². The van der Waals surface area contributed by atoms with Gasteiger partial charge in [0.15, 0.2) is 0 Å². The third-order valence-electron chi connectivity index (χ3n) is 3.33. The molecule has 2 atom stereocenters. The Balaban J connectivity index is 1.99. The first kappa shape index (κ1) is 11.7. The van der Waals surface area contributed by atoms with E-state index in [0.717, 1.165) is 19.3 Å². The Kier molecular flexibility index (Phi) is 3.70. The molecule has 1 aromatic carbocycles. The molecule has 1 aliphatic heterocycles. The molecule has 0 amide bonds. The zero-order valence-electron chi connectivity index (χ0n) is 9.90. The monoisotopic (exact) mass is 234 g/mol. The first-order chi connectivity index (χ1) is 7.70. The van der Waals surface area contributed by atoms with Crippen LogP contribution in [0.15, 0.2) is 29.2 Å². The molecular formula is C14H18OS. The number of carbonyl (C=O) groups is 1. The summed E-state index contributed by atoms with van der Waals surface area (Å²) >= 11 is 1.95. The molecule has 0 N–H and O–H groups in total. The van der Waals surface area contributed by atoms with E-state index in [0.29, 0.717) is 11.0 Å². The summed E-state index contributed by atoms with van der Waals surface area (Å²) in [4.78, 5) is 12.8. The molecule has 0 radical (unpaired) electrons. The summed E-state index contributed by atoms with van der Waals surface area (Å²) in [5, 5.41) is 0.603. The number of hydrogen-bond acceptors (Lipinski definition) is 2. The van der Waals surface area contributed by atoms with Gasteiger partial charge in [-0.1, -0.05) is 25.1 Å². The van der Waals surface area contributed by atoms with Crippen LogP contribution < -0.4 is 0 Å². The Morgan fingerprint density at radius 2 is 2.25 bits per heavy atom. The fourth-order valence-electron chi connectivity index (χ4n) is 2.32. The fourth-order valence-corrected chi connectivity index (χ4v) is 3.73. The summed E-state index contributed by atoms with van der Waals surface area (Å²) in [6.45, 7) is 3.83. The summed E-state index contributed by atoms with van der Waals surface area (Å²) in [5.41, 5.74) is 1.45. The van der Waals surface area contributed by atoms with Crippen molar-refractivity contribution in [3.05, 3.63) is 29.8 Å². The number of thioether (sulfide) groups is 1. The maximum absolute atomic E-state index is 11.4. The van der Waals surface area contributed by atoms with Crippen LogP contribution in [0.1, 0.15) is 32.3 Å². The van der Waals surface area contributed by atoms with Gasteiger partial charge in [0.25, 0.3) is 0 Å². The second-order valence-electron chi connectivity index (χ2n) is 4.50. The number of rotatable bonds is 4. The van der Waals surface area contributed by atoms with E-state index < -0.39 is 0 Å². The van der Waals surface area contributed by atoms with E-state index in [4.69, 9.17) is 0 Å². The average Bonchev–Trinajstić information content (AvgIpc) is 2.67. The lowest BCUT2D eigenvalue weighted by atomic mass is 9.94. The fraction of sp³-hybridized carbons (Fsp3) is 0.500. The van der Waals surface area contributed by atoms with E-state index in [2.05, 4.69) is 31.2 Å². The van der Waals surface area contributed by atoms with Gasteiger partial charge in [-0.3, -0.25) is 4.79 Å². The molecule has 16 heavy (non-hydrogen) atoms. The normalized spacial score (nSPS) is 20.5. The summed E-state index contributed by atoms with van der Waals surface area (Å²) < 4.78 is 0. The highest BCUT2D eigenvalue weighted by atomic mass is 32.2.